The topological polar surface area (TPSA) is 138 Å². The molecule has 5 heterocycles. The zero-order chi connectivity index (χ0) is 40.1. The van der Waals surface area contributed by atoms with Crippen LogP contribution in [0.4, 0.5) is 22.6 Å². The number of fused-ring (bicyclic) bond motifs is 2. The molecule has 308 valence electrons. The van der Waals surface area contributed by atoms with Crippen LogP contribution in [0.2, 0.25) is 0 Å². The molecule has 4 fully saturated rings. The molecule has 10 rings (SSSR count). The minimum Gasteiger partial charge on any atom is -0.396 e. The molecule has 4 saturated carbocycles. The van der Waals surface area contributed by atoms with Gasteiger partial charge in [0, 0.05) is 80.1 Å². The summed E-state index contributed by atoms with van der Waals surface area (Å²) in [5.41, 5.74) is 7.17. The van der Waals surface area contributed by atoms with Crippen molar-refractivity contribution in [1.82, 2.24) is 34.8 Å². The van der Waals surface area contributed by atoms with Crippen LogP contribution in [0.1, 0.15) is 88.5 Å². The van der Waals surface area contributed by atoms with E-state index in [-0.39, 0.29) is 35.1 Å². The van der Waals surface area contributed by atoms with Gasteiger partial charge in [0.05, 0.1) is 28.6 Å². The molecule has 1 aromatic carbocycles. The first-order chi connectivity index (χ1) is 28.0. The van der Waals surface area contributed by atoms with Gasteiger partial charge in [0.1, 0.15) is 5.82 Å². The minimum absolute atomic E-state index is 0.119. The van der Waals surface area contributed by atoms with Crippen LogP contribution in [0, 0.1) is 30.1 Å². The summed E-state index contributed by atoms with van der Waals surface area (Å²) in [6.07, 6.45) is 14.5. The average Bonchev–Trinajstić information content (AvgIpc) is 3.77. The van der Waals surface area contributed by atoms with Gasteiger partial charge in [0.25, 0.3) is 0 Å². The lowest BCUT2D eigenvalue weighted by Crippen LogP contribution is -2.64. The Morgan fingerprint density at radius 1 is 0.897 bits per heavy atom. The van der Waals surface area contributed by atoms with Crippen LogP contribution in [-0.4, -0.2) is 96.7 Å². The summed E-state index contributed by atoms with van der Waals surface area (Å²) in [7, 11) is 0. The summed E-state index contributed by atoms with van der Waals surface area (Å²) in [6.45, 7) is 14.6. The van der Waals surface area contributed by atoms with Crippen LogP contribution in [0.3, 0.4) is 0 Å². The highest BCUT2D eigenvalue weighted by Gasteiger charge is 2.66. The van der Waals surface area contributed by atoms with Crippen molar-refractivity contribution >= 4 is 44.1 Å². The summed E-state index contributed by atoms with van der Waals surface area (Å²) >= 11 is 1.62. The predicted octanol–water partition coefficient (Wildman–Crippen LogP) is 7.99. The number of hydrogen-bond donors (Lipinski definition) is 3. The summed E-state index contributed by atoms with van der Waals surface area (Å²) in [5, 5.41) is 37.6. The van der Waals surface area contributed by atoms with Crippen LogP contribution in [0.5, 0.6) is 0 Å². The van der Waals surface area contributed by atoms with E-state index in [4.69, 9.17) is 24.9 Å². The average molecular weight is 806 g/mol. The van der Waals surface area contributed by atoms with Gasteiger partial charge in [-0.15, -0.1) is 10.2 Å². The maximum absolute atomic E-state index is 9.44. The van der Waals surface area contributed by atoms with E-state index < -0.39 is 0 Å². The molecule has 2 atom stereocenters. The quantitative estimate of drug-likeness (QED) is 0.0895. The smallest absolute Gasteiger partial charge is 0.189 e. The van der Waals surface area contributed by atoms with Gasteiger partial charge >= 0.3 is 0 Å². The Kier molecular flexibility index (Phi) is 10.6. The highest BCUT2D eigenvalue weighted by atomic mass is 32.1. The summed E-state index contributed by atoms with van der Waals surface area (Å²) < 4.78 is 10.4. The van der Waals surface area contributed by atoms with E-state index in [1.165, 1.54) is 30.5 Å². The number of aliphatic hydroxyl groups excluding tert-OH is 2. The Morgan fingerprint density at radius 3 is 2.40 bits per heavy atom. The van der Waals surface area contributed by atoms with E-state index in [1.54, 1.807) is 11.3 Å². The number of nitrogens with one attached hydrogen (secondary N) is 1. The number of thiazole rings is 1. The number of benzene rings is 1. The maximum Gasteiger partial charge on any atom is 0.189 e. The van der Waals surface area contributed by atoms with E-state index in [9.17, 15) is 10.2 Å². The van der Waals surface area contributed by atoms with Crippen molar-refractivity contribution in [2.45, 2.75) is 104 Å². The standard InChI is InChI=1S/C45H59N9O3S/c1-31-34-10-7-17-53(40(34)51-50-39(31)49-41-48-36-11-5-6-12-37(36)58-41)38-14-13-33(22-46-38)35-23-47-54(32(35)2)30-44-25-42(3)24-43(4,26-44)28-45(27-42,29-44)57-21-18-52(15-8-19-55)16-9-20-56/h5-6,11-14,22-23,55-56H,7-10,15-21,24-30H2,1-4H3,(H,48,49,50). The Hall–Kier alpha value is -4.01. The normalized spacial score (nSPS) is 26.2. The van der Waals surface area contributed by atoms with E-state index in [2.05, 4.69) is 70.8 Å². The van der Waals surface area contributed by atoms with Crippen LogP contribution in [-0.2, 0) is 17.7 Å². The molecule has 1 aliphatic heterocycles. The first-order valence-electron chi connectivity index (χ1n) is 21.3. The molecule has 4 bridgehead atoms. The summed E-state index contributed by atoms with van der Waals surface area (Å²) in [6, 6.07) is 12.5. The molecular weight excluding hydrogens is 747 g/mol. The number of aromatic nitrogens is 6. The maximum atomic E-state index is 9.44. The summed E-state index contributed by atoms with van der Waals surface area (Å²) in [4.78, 5) is 14.3. The zero-order valence-electron chi connectivity index (χ0n) is 34.6. The van der Waals surface area contributed by atoms with Gasteiger partial charge in [0.15, 0.2) is 16.8 Å². The Morgan fingerprint density at radius 2 is 1.67 bits per heavy atom. The van der Waals surface area contributed by atoms with Crippen LogP contribution >= 0.6 is 11.3 Å². The van der Waals surface area contributed by atoms with Crippen molar-refractivity contribution in [3.63, 3.8) is 0 Å². The molecule has 0 saturated heterocycles. The molecule has 0 radical (unpaired) electrons. The van der Waals surface area contributed by atoms with Crippen molar-refractivity contribution < 1.29 is 14.9 Å². The Balaban J connectivity index is 0.897. The molecule has 2 unspecified atom stereocenters. The fourth-order valence-corrected chi connectivity index (χ4v) is 13.2. The van der Waals surface area contributed by atoms with E-state index >= 15 is 0 Å². The first-order valence-corrected chi connectivity index (χ1v) is 22.2. The third kappa shape index (κ3) is 7.64. The number of ether oxygens (including phenoxy) is 1. The SMILES string of the molecule is Cc1c(Nc2nc3ccccc3s2)nnc2c1CCCN2c1ccc(-c2cnn(CC34CC5(C)CC(C)(C3)CC(OCCN(CCCO)CCCO)(C5)C4)c2C)cn1. The van der Waals surface area contributed by atoms with Gasteiger partial charge in [-0.2, -0.15) is 5.10 Å². The second-order valence-electron chi connectivity index (χ2n) is 18.8. The number of para-hydroxylation sites is 1. The predicted molar refractivity (Wildman–Crippen MR) is 230 cm³/mol. The van der Waals surface area contributed by atoms with Crippen LogP contribution in [0.25, 0.3) is 21.3 Å². The molecule has 4 aromatic heterocycles. The van der Waals surface area contributed by atoms with Gasteiger partial charge in [-0.1, -0.05) is 37.3 Å². The molecule has 5 aromatic rings. The highest BCUT2D eigenvalue weighted by Crippen LogP contribution is 2.72. The Labute approximate surface area is 346 Å². The van der Waals surface area contributed by atoms with Gasteiger partial charge < -0.3 is 30.1 Å². The third-order valence-electron chi connectivity index (χ3n) is 13.6. The second-order valence-corrected chi connectivity index (χ2v) is 19.8. The second kappa shape index (κ2) is 15.5. The molecule has 12 nitrogen and oxygen atoms in total. The van der Waals surface area contributed by atoms with E-state index in [1.807, 2.05) is 30.6 Å². The monoisotopic (exact) mass is 805 g/mol. The van der Waals surface area contributed by atoms with Crippen molar-refractivity contribution in [2.75, 3.05) is 56.2 Å². The van der Waals surface area contributed by atoms with E-state index in [0.29, 0.717) is 6.61 Å². The third-order valence-corrected chi connectivity index (χ3v) is 14.5. The van der Waals surface area contributed by atoms with Crippen molar-refractivity contribution in [2.24, 2.45) is 16.2 Å². The van der Waals surface area contributed by atoms with Gasteiger partial charge in [-0.25, -0.2) is 9.97 Å². The number of anilines is 4. The zero-order valence-corrected chi connectivity index (χ0v) is 35.5. The molecule has 3 N–H and O–H groups in total. The molecule has 4 aliphatic carbocycles. The lowest BCUT2D eigenvalue weighted by molar-refractivity contribution is -0.248. The lowest BCUT2D eigenvalue weighted by Gasteiger charge is -2.69. The van der Waals surface area contributed by atoms with Gasteiger partial charge in [-0.3, -0.25) is 4.68 Å². The molecular formula is C45H59N9O3S. The van der Waals surface area contributed by atoms with Crippen LogP contribution < -0.4 is 10.2 Å². The number of aliphatic hydroxyl groups is 2. The largest absolute Gasteiger partial charge is 0.396 e. The lowest BCUT2D eigenvalue weighted by atomic mass is 9.39. The fraction of sp³-hybridized carbons (Fsp3) is 0.578. The van der Waals surface area contributed by atoms with Crippen LogP contribution in [0.15, 0.2) is 48.8 Å². The summed E-state index contributed by atoms with van der Waals surface area (Å²) in [5.74, 6) is 2.51. The molecule has 5 aliphatic rings. The number of hydrogen-bond acceptors (Lipinski definition) is 12. The minimum atomic E-state index is -0.119. The van der Waals surface area contributed by atoms with Crippen molar-refractivity contribution in [3.05, 3.63) is 65.6 Å². The Bertz CT molecular complexity index is 2200. The van der Waals surface area contributed by atoms with Crippen molar-refractivity contribution in [3.8, 4) is 11.1 Å². The highest BCUT2D eigenvalue weighted by molar-refractivity contribution is 7.22. The van der Waals surface area contributed by atoms with Crippen molar-refractivity contribution in [1.29, 1.82) is 0 Å². The van der Waals surface area contributed by atoms with Gasteiger partial charge in [-0.05, 0) is 119 Å². The molecule has 0 spiro atoms. The number of rotatable bonds is 16. The van der Waals surface area contributed by atoms with Gasteiger partial charge in [0.2, 0.25) is 0 Å². The number of nitrogens with zero attached hydrogens (tertiary/aromatic N) is 8. The molecule has 58 heavy (non-hydrogen) atoms. The number of pyridine rings is 1. The fourth-order valence-electron chi connectivity index (χ4n) is 12.3. The molecule has 13 heteroatoms. The molecule has 0 amide bonds. The first kappa shape index (κ1) is 39.5. The van der Waals surface area contributed by atoms with E-state index in [0.717, 1.165) is 127 Å².